The lowest BCUT2D eigenvalue weighted by Crippen LogP contribution is -2.18. The van der Waals surface area contributed by atoms with Gasteiger partial charge in [-0.05, 0) is 48.4 Å². The zero-order valence-electron chi connectivity index (χ0n) is 16.4. The molecule has 1 heterocycles. The zero-order valence-corrected chi connectivity index (χ0v) is 16.4. The van der Waals surface area contributed by atoms with E-state index in [1.54, 1.807) is 37.3 Å². The molecule has 1 aliphatic rings. The Morgan fingerprint density at radius 3 is 2.35 bits per heavy atom. The number of carbonyl (C=O) groups is 1. The number of rotatable bonds is 5. The molecule has 0 spiro atoms. The van der Waals surface area contributed by atoms with E-state index in [-0.39, 0.29) is 17.9 Å². The van der Waals surface area contributed by atoms with Gasteiger partial charge in [-0.15, -0.1) is 0 Å². The van der Waals surface area contributed by atoms with E-state index in [4.69, 9.17) is 9.47 Å². The number of fused-ring (bicyclic) bond motifs is 1. The maximum atomic E-state index is 14.7. The Morgan fingerprint density at radius 2 is 1.71 bits per heavy atom. The fourth-order valence-electron chi connectivity index (χ4n) is 3.66. The third-order valence-corrected chi connectivity index (χ3v) is 5.06. The van der Waals surface area contributed by atoms with Gasteiger partial charge in [0.25, 0.3) is 0 Å². The summed E-state index contributed by atoms with van der Waals surface area (Å²) in [7, 11) is 0. The van der Waals surface area contributed by atoms with Crippen LogP contribution in [0.25, 0.3) is 11.1 Å². The molecule has 0 amide bonds. The molecule has 158 valence electrons. The minimum atomic E-state index is -1.06. The number of halogens is 3. The molecule has 0 radical (unpaired) electrons. The van der Waals surface area contributed by atoms with Crippen molar-refractivity contribution in [3.8, 4) is 17.2 Å². The molecule has 0 bridgehead atoms. The highest BCUT2D eigenvalue weighted by Crippen LogP contribution is 2.48. The van der Waals surface area contributed by atoms with Crippen molar-refractivity contribution < 1.29 is 32.5 Å². The van der Waals surface area contributed by atoms with Crippen LogP contribution in [0.15, 0.2) is 54.6 Å². The first-order chi connectivity index (χ1) is 14.9. The van der Waals surface area contributed by atoms with Crippen LogP contribution in [0.2, 0.25) is 0 Å². The number of allylic oxidation sites excluding steroid dienone is 1. The molecule has 0 aliphatic carbocycles. The molecule has 1 aliphatic heterocycles. The number of benzene rings is 3. The molecule has 0 unspecified atom stereocenters. The SMILES string of the molecule is CC1=C(c2c(F)cc(F)cc2F)[C@@H](c2ccc(OCC=O)cc2)Oc2ccc(O)cc21. The standard InChI is InChI=1S/C24H17F3O4/c1-13-18-12-16(29)4-7-21(18)31-24(14-2-5-17(6-3-14)30-9-8-28)22(13)23-19(26)10-15(25)11-20(23)27/h2-8,10-12,24,29H,9H2,1H3/t24-/m1/s1. The Bertz CT molecular complexity index is 1160. The van der Waals surface area contributed by atoms with Crippen LogP contribution in [0.5, 0.6) is 17.2 Å². The maximum absolute atomic E-state index is 14.7. The van der Waals surface area contributed by atoms with Crippen molar-refractivity contribution in [1.82, 2.24) is 0 Å². The summed E-state index contributed by atoms with van der Waals surface area (Å²) < 4.78 is 54.3. The molecule has 4 nitrogen and oxygen atoms in total. The highest BCUT2D eigenvalue weighted by molar-refractivity contribution is 5.96. The topological polar surface area (TPSA) is 55.8 Å². The summed E-state index contributed by atoms with van der Waals surface area (Å²) >= 11 is 0. The van der Waals surface area contributed by atoms with Gasteiger partial charge in [-0.1, -0.05) is 12.1 Å². The first-order valence-electron chi connectivity index (χ1n) is 9.41. The highest BCUT2D eigenvalue weighted by atomic mass is 19.1. The highest BCUT2D eigenvalue weighted by Gasteiger charge is 2.33. The second-order valence-electron chi connectivity index (χ2n) is 7.01. The molecule has 4 rings (SSSR count). The smallest absolute Gasteiger partial charge is 0.157 e. The Hall–Kier alpha value is -3.74. The Labute approximate surface area is 176 Å². The molecule has 1 atom stereocenters. The van der Waals surface area contributed by atoms with Crippen molar-refractivity contribution in [2.24, 2.45) is 0 Å². The average Bonchev–Trinajstić information content (AvgIpc) is 2.74. The van der Waals surface area contributed by atoms with Crippen LogP contribution in [-0.4, -0.2) is 18.0 Å². The maximum Gasteiger partial charge on any atom is 0.157 e. The van der Waals surface area contributed by atoms with Crippen LogP contribution in [0.1, 0.15) is 29.7 Å². The van der Waals surface area contributed by atoms with Crippen molar-refractivity contribution in [2.45, 2.75) is 13.0 Å². The normalized spacial score (nSPS) is 15.3. The molecular weight excluding hydrogens is 409 g/mol. The summed E-state index contributed by atoms with van der Waals surface area (Å²) in [6, 6.07) is 12.2. The Balaban J connectivity index is 1.89. The van der Waals surface area contributed by atoms with E-state index in [0.29, 0.717) is 46.6 Å². The van der Waals surface area contributed by atoms with Crippen molar-refractivity contribution in [3.05, 3.63) is 88.7 Å². The van der Waals surface area contributed by atoms with Gasteiger partial charge in [0.15, 0.2) is 6.29 Å². The number of aldehydes is 1. The van der Waals surface area contributed by atoms with Crippen LogP contribution in [0, 0.1) is 17.5 Å². The molecule has 3 aromatic carbocycles. The number of hydrogen-bond acceptors (Lipinski definition) is 4. The second kappa shape index (κ2) is 8.18. The van der Waals surface area contributed by atoms with Crippen molar-refractivity contribution >= 4 is 17.4 Å². The number of carbonyl (C=O) groups excluding carboxylic acids is 1. The van der Waals surface area contributed by atoms with E-state index >= 15 is 0 Å². The summed E-state index contributed by atoms with van der Waals surface area (Å²) in [6.45, 7) is 1.55. The van der Waals surface area contributed by atoms with E-state index in [2.05, 4.69) is 0 Å². The third-order valence-electron chi connectivity index (χ3n) is 5.06. The predicted molar refractivity (Wildman–Crippen MR) is 108 cm³/mol. The Kier molecular flexibility index (Phi) is 5.42. The third kappa shape index (κ3) is 3.86. The van der Waals surface area contributed by atoms with Crippen LogP contribution in [0.4, 0.5) is 13.2 Å². The van der Waals surface area contributed by atoms with E-state index < -0.39 is 29.1 Å². The van der Waals surface area contributed by atoms with Crippen LogP contribution >= 0.6 is 0 Å². The molecule has 0 saturated heterocycles. The first kappa shape index (κ1) is 20.5. The Morgan fingerprint density at radius 1 is 1.03 bits per heavy atom. The second-order valence-corrected chi connectivity index (χ2v) is 7.01. The van der Waals surface area contributed by atoms with Gasteiger partial charge in [0.1, 0.15) is 47.4 Å². The summed E-state index contributed by atoms with van der Waals surface area (Å²) in [4.78, 5) is 10.5. The predicted octanol–water partition coefficient (Wildman–Crippen LogP) is 5.45. The lowest BCUT2D eigenvalue weighted by atomic mass is 9.85. The molecule has 31 heavy (non-hydrogen) atoms. The van der Waals surface area contributed by atoms with E-state index in [1.165, 1.54) is 12.1 Å². The van der Waals surface area contributed by atoms with Crippen LogP contribution in [0.3, 0.4) is 0 Å². The molecule has 0 aromatic heterocycles. The summed E-state index contributed by atoms with van der Waals surface area (Å²) in [5, 5.41) is 9.88. The monoisotopic (exact) mass is 426 g/mol. The first-order valence-corrected chi connectivity index (χ1v) is 9.41. The van der Waals surface area contributed by atoms with Crippen molar-refractivity contribution in [3.63, 3.8) is 0 Å². The largest absolute Gasteiger partial charge is 0.508 e. The molecule has 7 heteroatoms. The van der Waals surface area contributed by atoms with Crippen molar-refractivity contribution in [2.75, 3.05) is 6.61 Å². The van der Waals surface area contributed by atoms with Gasteiger partial charge in [0.05, 0.1) is 5.56 Å². The van der Waals surface area contributed by atoms with Gasteiger partial charge >= 0.3 is 0 Å². The fourth-order valence-corrected chi connectivity index (χ4v) is 3.66. The average molecular weight is 426 g/mol. The number of phenolic OH excluding ortho intramolecular Hbond substituents is 1. The quantitative estimate of drug-likeness (QED) is 0.551. The minimum absolute atomic E-state index is 0.0313. The summed E-state index contributed by atoms with van der Waals surface area (Å²) in [5.74, 6) is -2.31. The fraction of sp³-hybridized carbons (Fsp3) is 0.125. The van der Waals surface area contributed by atoms with Crippen molar-refractivity contribution in [1.29, 1.82) is 0 Å². The lowest BCUT2D eigenvalue weighted by molar-refractivity contribution is -0.109. The number of hydrogen-bond donors (Lipinski definition) is 1. The molecule has 3 aromatic rings. The number of phenols is 1. The van der Waals surface area contributed by atoms with E-state index in [9.17, 15) is 23.1 Å². The van der Waals surface area contributed by atoms with Crippen LogP contribution in [-0.2, 0) is 4.79 Å². The van der Waals surface area contributed by atoms with Gasteiger partial charge in [0.2, 0.25) is 0 Å². The molecule has 0 fully saturated rings. The minimum Gasteiger partial charge on any atom is -0.508 e. The zero-order chi connectivity index (χ0) is 22.1. The van der Waals surface area contributed by atoms with Gasteiger partial charge < -0.3 is 14.6 Å². The van der Waals surface area contributed by atoms with Crippen LogP contribution < -0.4 is 9.47 Å². The van der Waals surface area contributed by atoms with Gasteiger partial charge in [-0.2, -0.15) is 0 Å². The molecule has 1 N–H and O–H groups in total. The van der Waals surface area contributed by atoms with Gasteiger partial charge in [-0.3, -0.25) is 4.79 Å². The van der Waals surface area contributed by atoms with E-state index in [1.807, 2.05) is 0 Å². The van der Waals surface area contributed by atoms with Gasteiger partial charge in [0, 0.05) is 23.3 Å². The molecular formula is C24H17F3O4. The van der Waals surface area contributed by atoms with Gasteiger partial charge in [-0.25, -0.2) is 13.2 Å². The molecule has 0 saturated carbocycles. The van der Waals surface area contributed by atoms with E-state index in [0.717, 1.165) is 0 Å². The lowest BCUT2D eigenvalue weighted by Gasteiger charge is -2.31. The summed E-state index contributed by atoms with van der Waals surface area (Å²) in [6.07, 6.45) is -0.291. The number of aromatic hydroxyl groups is 1. The summed E-state index contributed by atoms with van der Waals surface area (Å²) in [5.41, 5.74) is 1.29. The number of ether oxygens (including phenoxy) is 2.